The van der Waals surface area contributed by atoms with Crippen LogP contribution in [0.3, 0.4) is 0 Å². The van der Waals surface area contributed by atoms with Crippen LogP contribution in [0.1, 0.15) is 13.8 Å². The van der Waals surface area contributed by atoms with Gasteiger partial charge in [0.1, 0.15) is 24.0 Å². The van der Waals surface area contributed by atoms with Crippen molar-refractivity contribution in [3.05, 3.63) is 61.1 Å². The minimum absolute atomic E-state index is 0.0523. The highest BCUT2D eigenvalue weighted by Gasteiger charge is 2.18. The van der Waals surface area contributed by atoms with Crippen molar-refractivity contribution in [2.75, 3.05) is 25.5 Å². The summed E-state index contributed by atoms with van der Waals surface area (Å²) < 4.78 is 5.23. The fraction of sp³-hybridized carbons (Fsp3) is 0.333. The predicted octanol–water partition coefficient (Wildman–Crippen LogP) is 2.31. The van der Waals surface area contributed by atoms with Crippen LogP contribution in [0.5, 0.6) is 5.75 Å². The molecule has 0 fully saturated rings. The Morgan fingerprint density at radius 3 is 2.73 bits per heavy atom. The number of carbonyl (C=O) groups excluding carboxylic acids is 1. The maximum atomic E-state index is 12.0. The second kappa shape index (κ2) is 12.9. The third-order valence-electron chi connectivity index (χ3n) is 4.41. The number of likely N-dealkylation sites (N-methyl/N-ethyl adjacent to an activating group) is 1. The smallest absolute Gasteiger partial charge is 0.412 e. The van der Waals surface area contributed by atoms with Crippen LogP contribution in [0, 0.1) is 5.41 Å². The van der Waals surface area contributed by atoms with Crippen LogP contribution in [0.4, 0.5) is 10.5 Å². The van der Waals surface area contributed by atoms with Gasteiger partial charge in [-0.25, -0.2) is 4.79 Å². The van der Waals surface area contributed by atoms with E-state index in [0.29, 0.717) is 18.1 Å². The zero-order chi connectivity index (χ0) is 22.5. The Labute approximate surface area is 177 Å². The summed E-state index contributed by atoms with van der Waals surface area (Å²) in [6.45, 7) is 8.37. The van der Waals surface area contributed by atoms with E-state index in [2.05, 4.69) is 27.4 Å². The molecule has 164 valence electrons. The number of phenols is 1. The van der Waals surface area contributed by atoms with Crippen LogP contribution >= 0.6 is 0 Å². The Balaban J connectivity index is 2.44. The standard InChI is InChI=1S/C21H32N6O3/c1-5-8-20(24-12-11-19(22)23)26-21(29)30-14-13-27(4)16(3)15(2)25-17-9-6-7-10-18(17)28/h5-12,15-16,24-25,28H,1,13-14H2,2-4H3,(H3,22,23)(H,26,29)/b12-11-,20-8+/t15-,16?/m1/s1. The maximum absolute atomic E-state index is 12.0. The predicted molar refractivity (Wildman–Crippen MR) is 120 cm³/mol. The van der Waals surface area contributed by atoms with E-state index >= 15 is 0 Å². The molecule has 0 spiro atoms. The molecule has 0 bridgehead atoms. The summed E-state index contributed by atoms with van der Waals surface area (Å²) in [5.41, 5.74) is 5.90. The molecule has 1 unspecified atom stereocenters. The molecular weight excluding hydrogens is 384 g/mol. The number of alkyl carbamates (subject to hydrolysis) is 1. The van der Waals surface area contributed by atoms with E-state index in [4.69, 9.17) is 15.9 Å². The summed E-state index contributed by atoms with van der Waals surface area (Å²) >= 11 is 0. The molecule has 0 aliphatic carbocycles. The van der Waals surface area contributed by atoms with E-state index < -0.39 is 6.09 Å². The van der Waals surface area contributed by atoms with Crippen molar-refractivity contribution < 1.29 is 14.6 Å². The number of para-hydroxylation sites is 2. The molecule has 0 aromatic heterocycles. The topological polar surface area (TPSA) is 136 Å². The van der Waals surface area contributed by atoms with Crippen LogP contribution in [-0.2, 0) is 4.74 Å². The number of hydrogen-bond acceptors (Lipinski definition) is 7. The van der Waals surface area contributed by atoms with Gasteiger partial charge in [-0.1, -0.05) is 24.8 Å². The number of anilines is 1. The van der Waals surface area contributed by atoms with Crippen LogP contribution < -0.4 is 21.7 Å². The van der Waals surface area contributed by atoms with Gasteiger partial charge in [0.25, 0.3) is 0 Å². The molecule has 9 heteroatoms. The van der Waals surface area contributed by atoms with Gasteiger partial charge in [-0.15, -0.1) is 0 Å². The molecule has 0 heterocycles. The lowest BCUT2D eigenvalue weighted by Crippen LogP contribution is -2.43. The summed E-state index contributed by atoms with van der Waals surface area (Å²) in [5.74, 6) is 0.426. The highest BCUT2D eigenvalue weighted by molar-refractivity contribution is 5.88. The molecule has 0 saturated heterocycles. The first-order valence-electron chi connectivity index (χ1n) is 9.53. The molecule has 30 heavy (non-hydrogen) atoms. The first-order chi connectivity index (χ1) is 14.2. The van der Waals surface area contributed by atoms with Crippen molar-refractivity contribution >= 4 is 17.6 Å². The lowest BCUT2D eigenvalue weighted by atomic mass is 10.1. The van der Waals surface area contributed by atoms with Gasteiger partial charge in [0, 0.05) is 24.8 Å². The molecule has 9 nitrogen and oxygen atoms in total. The Kier molecular flexibility index (Phi) is 10.6. The molecule has 1 amide bonds. The van der Waals surface area contributed by atoms with Crippen molar-refractivity contribution in [1.82, 2.24) is 15.5 Å². The molecule has 1 aromatic carbocycles. The van der Waals surface area contributed by atoms with Crippen molar-refractivity contribution in [3.8, 4) is 5.75 Å². The van der Waals surface area contributed by atoms with Gasteiger partial charge in [0.05, 0.1) is 5.69 Å². The number of phenolic OH excluding ortho intramolecular Hbond substituents is 1. The SMILES string of the molecule is C=C/C=C(\N/C=C\C(=N)N)NC(=O)OCCN(C)C(C)[C@@H](C)Nc1ccccc1O. The van der Waals surface area contributed by atoms with Crippen molar-refractivity contribution in [2.24, 2.45) is 5.73 Å². The number of allylic oxidation sites excluding steroid dienone is 2. The van der Waals surface area contributed by atoms with Crippen LogP contribution in [-0.4, -0.2) is 54.2 Å². The van der Waals surface area contributed by atoms with Crippen molar-refractivity contribution in [3.63, 3.8) is 0 Å². The van der Waals surface area contributed by atoms with Gasteiger partial charge in [-0.2, -0.15) is 0 Å². The lowest BCUT2D eigenvalue weighted by molar-refractivity contribution is 0.124. The molecule has 0 aliphatic rings. The average molecular weight is 417 g/mol. The second-order valence-corrected chi connectivity index (χ2v) is 6.68. The molecule has 1 aromatic rings. The normalized spacial score (nSPS) is 13.5. The first-order valence-corrected chi connectivity index (χ1v) is 9.53. The van der Waals surface area contributed by atoms with Crippen molar-refractivity contribution in [1.29, 1.82) is 5.41 Å². The van der Waals surface area contributed by atoms with E-state index in [0.717, 1.165) is 0 Å². The number of nitrogens with one attached hydrogen (secondary N) is 4. The quantitative estimate of drug-likeness (QED) is 0.133. The average Bonchev–Trinajstić information content (AvgIpc) is 2.68. The van der Waals surface area contributed by atoms with Gasteiger partial charge < -0.3 is 26.2 Å². The number of rotatable bonds is 12. The number of benzene rings is 1. The highest BCUT2D eigenvalue weighted by Crippen LogP contribution is 2.23. The monoisotopic (exact) mass is 416 g/mol. The van der Waals surface area contributed by atoms with Crippen LogP contribution in [0.25, 0.3) is 0 Å². The minimum atomic E-state index is -0.617. The third-order valence-corrected chi connectivity index (χ3v) is 4.41. The van der Waals surface area contributed by atoms with E-state index in [1.54, 1.807) is 18.2 Å². The first kappa shape index (κ1) is 24.6. The second-order valence-electron chi connectivity index (χ2n) is 6.68. The number of nitrogens with two attached hydrogens (primary N) is 1. The van der Waals surface area contributed by atoms with Gasteiger partial charge in [0.2, 0.25) is 0 Å². The van der Waals surface area contributed by atoms with Gasteiger partial charge >= 0.3 is 6.09 Å². The van der Waals surface area contributed by atoms with E-state index in [1.165, 1.54) is 18.4 Å². The van der Waals surface area contributed by atoms with Crippen LogP contribution in [0.2, 0.25) is 0 Å². The maximum Gasteiger partial charge on any atom is 0.412 e. The summed E-state index contributed by atoms with van der Waals surface area (Å²) in [5, 5.41) is 25.6. The number of aromatic hydroxyl groups is 1. The van der Waals surface area contributed by atoms with Gasteiger partial charge in [-0.3, -0.25) is 15.6 Å². The van der Waals surface area contributed by atoms with E-state index in [9.17, 15) is 9.90 Å². The number of amidine groups is 1. The zero-order valence-corrected chi connectivity index (χ0v) is 17.7. The molecule has 1 rings (SSSR count). The number of ether oxygens (including phenoxy) is 1. The summed E-state index contributed by atoms with van der Waals surface area (Å²) in [7, 11) is 1.94. The lowest BCUT2D eigenvalue weighted by Gasteiger charge is -2.31. The number of amides is 1. The van der Waals surface area contributed by atoms with Crippen LogP contribution in [0.15, 0.2) is 61.1 Å². The van der Waals surface area contributed by atoms with E-state index in [1.807, 2.05) is 33.0 Å². The fourth-order valence-electron chi connectivity index (χ4n) is 2.44. The Hall–Kier alpha value is -3.46. The zero-order valence-electron chi connectivity index (χ0n) is 17.7. The van der Waals surface area contributed by atoms with Crippen molar-refractivity contribution in [2.45, 2.75) is 25.9 Å². The Bertz CT molecular complexity index is 778. The summed E-state index contributed by atoms with van der Waals surface area (Å²) in [6.07, 6.45) is 5.19. The van der Waals surface area contributed by atoms with Gasteiger partial charge in [0.15, 0.2) is 0 Å². The molecule has 2 atom stereocenters. The molecule has 0 aliphatic heterocycles. The molecule has 0 radical (unpaired) electrons. The largest absolute Gasteiger partial charge is 0.506 e. The number of nitrogens with zero attached hydrogens (tertiary/aromatic N) is 1. The summed E-state index contributed by atoms with van der Waals surface area (Å²) in [4.78, 5) is 14.0. The molecule has 7 N–H and O–H groups in total. The number of hydrogen-bond donors (Lipinski definition) is 6. The minimum Gasteiger partial charge on any atom is -0.506 e. The highest BCUT2D eigenvalue weighted by atomic mass is 16.5. The Morgan fingerprint density at radius 2 is 2.10 bits per heavy atom. The summed E-state index contributed by atoms with van der Waals surface area (Å²) in [6, 6.07) is 7.25. The Morgan fingerprint density at radius 1 is 1.40 bits per heavy atom. The third kappa shape index (κ3) is 9.16. The number of carbonyl (C=O) groups is 1. The van der Waals surface area contributed by atoms with Gasteiger partial charge in [-0.05, 0) is 45.2 Å². The van der Waals surface area contributed by atoms with E-state index in [-0.39, 0.29) is 30.3 Å². The molecule has 0 saturated carbocycles. The fourth-order valence-corrected chi connectivity index (χ4v) is 2.44. The molecular formula is C21H32N6O3.